The van der Waals surface area contributed by atoms with Crippen molar-refractivity contribution in [2.45, 2.75) is 100 Å². The van der Waals surface area contributed by atoms with E-state index in [1.165, 1.54) is 0 Å². The number of nitrogens with zero attached hydrogens (tertiary/aromatic N) is 6. The molecule has 2 aromatic heterocycles. The first-order valence-electron chi connectivity index (χ1n) is 19.1. The van der Waals surface area contributed by atoms with Crippen LogP contribution in [0.1, 0.15) is 98.7 Å². The summed E-state index contributed by atoms with van der Waals surface area (Å²) in [4.78, 5) is 47.7. The highest BCUT2D eigenvalue weighted by atomic mass is 19.4. The van der Waals surface area contributed by atoms with Crippen LogP contribution in [0, 0.1) is 23.7 Å². The highest BCUT2D eigenvalue weighted by molar-refractivity contribution is 5.99. The van der Waals surface area contributed by atoms with Gasteiger partial charge in [0, 0.05) is 62.2 Å². The van der Waals surface area contributed by atoms with Gasteiger partial charge in [-0.05, 0) is 98.4 Å². The Balaban J connectivity index is 0.989. The quantitative estimate of drug-likeness (QED) is 0.271. The topological polar surface area (TPSA) is 134 Å². The van der Waals surface area contributed by atoms with Gasteiger partial charge in [0.1, 0.15) is 17.4 Å². The van der Waals surface area contributed by atoms with Crippen molar-refractivity contribution in [3.63, 3.8) is 0 Å². The first-order valence-corrected chi connectivity index (χ1v) is 19.1. The van der Waals surface area contributed by atoms with E-state index in [0.29, 0.717) is 50.0 Å². The van der Waals surface area contributed by atoms with E-state index in [1.54, 1.807) is 23.4 Å². The van der Waals surface area contributed by atoms with Gasteiger partial charge in [-0.2, -0.15) is 13.2 Å². The molecule has 5 saturated carbocycles. The summed E-state index contributed by atoms with van der Waals surface area (Å²) in [5.74, 6) is -0.776. The molecule has 2 N–H and O–H groups in total. The molecule has 7 aliphatic rings. The van der Waals surface area contributed by atoms with Gasteiger partial charge in [-0.25, -0.2) is 24.7 Å². The number of rotatable bonds is 7. The van der Waals surface area contributed by atoms with Crippen molar-refractivity contribution in [3.05, 3.63) is 59.7 Å². The summed E-state index contributed by atoms with van der Waals surface area (Å²) in [5, 5.41) is 13.1. The number of hydrogen-bond donors (Lipinski definition) is 2. The standard InChI is InChI=1S/C39H44F3N7O4/c40-39(41,42)32-29(33(50)47-38(34(51)52)25-16-23-15-24(18-25)19-26(38)17-23)21-45-36(46-32)49-22-37(9-2-1-3-10-37)30-20-28(5-6-31(30)49)53-27-7-13-48(14-8-27)35-43-11-4-12-44-35/h4-6,11-12,20-21,23-27H,1-3,7-10,13-19,22H2,(H,47,50)(H,51,52). The molecule has 5 aliphatic carbocycles. The van der Waals surface area contributed by atoms with Crippen molar-refractivity contribution >= 4 is 29.5 Å². The Morgan fingerprint density at radius 1 is 0.906 bits per heavy atom. The van der Waals surface area contributed by atoms with Gasteiger partial charge in [-0.3, -0.25) is 4.79 Å². The Morgan fingerprint density at radius 2 is 1.58 bits per heavy atom. The second-order valence-corrected chi connectivity index (χ2v) is 16.3. The minimum absolute atomic E-state index is 0.00308. The second kappa shape index (κ2) is 12.8. The number of nitrogens with one attached hydrogen (secondary N) is 1. The number of carbonyl (C=O) groups is 2. The fourth-order valence-corrected chi connectivity index (χ4v) is 11.1. The molecule has 10 rings (SSSR count). The van der Waals surface area contributed by atoms with Crippen molar-refractivity contribution in [1.29, 1.82) is 0 Å². The van der Waals surface area contributed by atoms with Crippen LogP contribution >= 0.6 is 0 Å². The van der Waals surface area contributed by atoms with E-state index in [0.717, 1.165) is 87.7 Å². The number of piperidine rings is 1. The summed E-state index contributed by atoms with van der Waals surface area (Å²) >= 11 is 0. The van der Waals surface area contributed by atoms with Crippen LogP contribution < -0.4 is 19.9 Å². The average Bonchev–Trinajstić information content (AvgIpc) is 3.45. The molecule has 0 atom stereocenters. The Bertz CT molecular complexity index is 1870. The largest absolute Gasteiger partial charge is 0.490 e. The number of alkyl halides is 3. The van der Waals surface area contributed by atoms with Crippen LogP contribution in [0.2, 0.25) is 0 Å². The van der Waals surface area contributed by atoms with Gasteiger partial charge < -0.3 is 25.0 Å². The number of amides is 1. The Hall–Kier alpha value is -4.49. The maximum Gasteiger partial charge on any atom is 0.434 e. The average molecular weight is 732 g/mol. The van der Waals surface area contributed by atoms with Gasteiger partial charge in [0.15, 0.2) is 5.69 Å². The maximum atomic E-state index is 14.8. The van der Waals surface area contributed by atoms with Gasteiger partial charge in [-0.1, -0.05) is 19.3 Å². The molecule has 53 heavy (non-hydrogen) atoms. The van der Waals surface area contributed by atoms with Crippen LogP contribution in [-0.4, -0.2) is 68.2 Å². The van der Waals surface area contributed by atoms with Crippen LogP contribution in [0.4, 0.5) is 30.8 Å². The molecule has 1 amide bonds. The summed E-state index contributed by atoms with van der Waals surface area (Å²) in [6.07, 6.45) is 9.59. The molecule has 4 heterocycles. The van der Waals surface area contributed by atoms with Crippen molar-refractivity contribution in [1.82, 2.24) is 25.3 Å². The molecule has 1 spiro atoms. The fraction of sp³-hybridized carbons (Fsp3) is 0.590. The number of carbonyl (C=O) groups excluding carboxylic acids is 1. The van der Waals surface area contributed by atoms with E-state index in [2.05, 4.69) is 36.2 Å². The molecule has 2 aliphatic heterocycles. The molecular weight excluding hydrogens is 687 g/mol. The van der Waals surface area contributed by atoms with E-state index in [9.17, 15) is 27.9 Å². The van der Waals surface area contributed by atoms with Crippen LogP contribution in [0.15, 0.2) is 42.9 Å². The SMILES string of the molecule is O=C(NC1(C(=O)O)C2CC3CC(C2)CC1C3)c1cnc(N2CC3(CCCCC3)c3cc(OC4CCN(c5ncccn5)CC4)ccc32)nc1C(F)(F)F. The first-order chi connectivity index (χ1) is 25.5. The predicted molar refractivity (Wildman–Crippen MR) is 188 cm³/mol. The summed E-state index contributed by atoms with van der Waals surface area (Å²) in [6.45, 7) is 1.95. The highest BCUT2D eigenvalue weighted by Crippen LogP contribution is 2.58. The monoisotopic (exact) mass is 731 g/mol. The number of anilines is 3. The lowest BCUT2D eigenvalue weighted by Gasteiger charge is -2.59. The lowest BCUT2D eigenvalue weighted by atomic mass is 9.48. The summed E-state index contributed by atoms with van der Waals surface area (Å²) in [5.41, 5.74) is -2.25. The third-order valence-electron chi connectivity index (χ3n) is 13.3. The number of ether oxygens (including phenoxy) is 1. The number of fused-ring (bicyclic) bond motifs is 2. The molecule has 6 fully saturated rings. The molecule has 0 radical (unpaired) electrons. The zero-order valence-electron chi connectivity index (χ0n) is 29.5. The lowest BCUT2D eigenvalue weighted by molar-refractivity contribution is -0.163. The Labute approximate surface area is 305 Å². The van der Waals surface area contributed by atoms with Gasteiger partial charge >= 0.3 is 12.1 Å². The number of aliphatic carboxylic acids is 1. The normalized spacial score (nSPS) is 29.0. The van der Waals surface area contributed by atoms with Crippen molar-refractivity contribution in [2.24, 2.45) is 23.7 Å². The van der Waals surface area contributed by atoms with Crippen molar-refractivity contribution in [2.75, 3.05) is 29.4 Å². The zero-order chi connectivity index (χ0) is 36.5. The molecule has 3 aromatic rings. The second-order valence-electron chi connectivity index (χ2n) is 16.3. The van der Waals surface area contributed by atoms with Gasteiger partial charge in [0.2, 0.25) is 11.9 Å². The minimum atomic E-state index is -4.98. The number of aromatic nitrogens is 4. The smallest absolute Gasteiger partial charge is 0.434 e. The highest BCUT2D eigenvalue weighted by Gasteiger charge is 2.62. The summed E-state index contributed by atoms with van der Waals surface area (Å²) in [7, 11) is 0. The Kier molecular flexibility index (Phi) is 8.30. The van der Waals surface area contributed by atoms with E-state index in [-0.39, 0.29) is 29.3 Å². The number of hydrogen-bond acceptors (Lipinski definition) is 9. The predicted octanol–water partition coefficient (Wildman–Crippen LogP) is 6.70. The third kappa shape index (κ3) is 5.87. The van der Waals surface area contributed by atoms with E-state index in [4.69, 9.17) is 4.74 Å². The molecule has 4 bridgehead atoms. The lowest BCUT2D eigenvalue weighted by Crippen LogP contribution is -2.70. The maximum absolute atomic E-state index is 14.8. The molecule has 11 nitrogen and oxygen atoms in total. The number of carboxylic acid groups (broad SMARTS) is 1. The molecule has 0 unspecified atom stereocenters. The fourth-order valence-electron chi connectivity index (χ4n) is 11.1. The molecule has 1 saturated heterocycles. The van der Waals surface area contributed by atoms with Gasteiger partial charge in [-0.15, -0.1) is 0 Å². The van der Waals surface area contributed by atoms with Crippen LogP contribution in [0.3, 0.4) is 0 Å². The van der Waals surface area contributed by atoms with Crippen LogP contribution in [-0.2, 0) is 16.4 Å². The molecular formula is C39H44F3N7O4. The first kappa shape index (κ1) is 34.3. The van der Waals surface area contributed by atoms with E-state index < -0.39 is 34.8 Å². The molecule has 1 aromatic carbocycles. The molecule has 14 heteroatoms. The number of halogens is 3. The van der Waals surface area contributed by atoms with Crippen molar-refractivity contribution in [3.8, 4) is 5.75 Å². The summed E-state index contributed by atoms with van der Waals surface area (Å²) in [6, 6.07) is 7.60. The zero-order valence-corrected chi connectivity index (χ0v) is 29.5. The third-order valence-corrected chi connectivity index (χ3v) is 13.3. The molecule has 280 valence electrons. The number of carboxylic acids is 1. The minimum Gasteiger partial charge on any atom is -0.490 e. The van der Waals surface area contributed by atoms with E-state index >= 15 is 0 Å². The van der Waals surface area contributed by atoms with Gasteiger partial charge in [0.05, 0.1) is 5.56 Å². The Morgan fingerprint density at radius 3 is 2.23 bits per heavy atom. The summed E-state index contributed by atoms with van der Waals surface area (Å²) < 4.78 is 50.9. The van der Waals surface area contributed by atoms with Crippen LogP contribution in [0.25, 0.3) is 0 Å². The van der Waals surface area contributed by atoms with Crippen LogP contribution in [0.5, 0.6) is 5.75 Å². The number of benzene rings is 1. The van der Waals surface area contributed by atoms with Gasteiger partial charge in [0.25, 0.3) is 5.91 Å². The van der Waals surface area contributed by atoms with E-state index in [1.807, 2.05) is 12.1 Å². The van der Waals surface area contributed by atoms with Crippen molar-refractivity contribution < 1.29 is 32.6 Å².